The van der Waals surface area contributed by atoms with E-state index in [1.165, 1.54) is 0 Å². The summed E-state index contributed by atoms with van der Waals surface area (Å²) in [6.07, 6.45) is 1.08. The summed E-state index contributed by atoms with van der Waals surface area (Å²) in [4.78, 5) is 15.0. The first-order valence-corrected chi connectivity index (χ1v) is 7.34. The number of carboxylic acid groups (broad SMARTS) is 1. The van der Waals surface area contributed by atoms with Gasteiger partial charge in [0.2, 0.25) is 0 Å². The number of carboxylic acids is 1. The summed E-state index contributed by atoms with van der Waals surface area (Å²) in [6, 6.07) is 9.74. The molecule has 1 N–H and O–H groups in total. The highest BCUT2D eigenvalue weighted by molar-refractivity contribution is 5.66. The molecule has 0 aliphatic rings. The summed E-state index contributed by atoms with van der Waals surface area (Å²) < 4.78 is 5.65. The molecule has 0 unspecified atom stereocenters. The van der Waals surface area contributed by atoms with Crippen molar-refractivity contribution in [3.63, 3.8) is 0 Å². The molecular weight excluding hydrogens is 268 g/mol. The van der Waals surface area contributed by atoms with E-state index in [2.05, 4.69) is 9.80 Å². The summed E-state index contributed by atoms with van der Waals surface area (Å²) in [7, 11) is 4.04. The number of hydrogen-bond acceptors (Lipinski definition) is 4. The van der Waals surface area contributed by atoms with Crippen LogP contribution >= 0.6 is 0 Å². The van der Waals surface area contributed by atoms with E-state index >= 15 is 0 Å². The predicted octanol–water partition coefficient (Wildman–Crippen LogP) is 1.79. The van der Waals surface area contributed by atoms with Gasteiger partial charge >= 0.3 is 5.97 Å². The Kier molecular flexibility index (Phi) is 8.47. The van der Waals surface area contributed by atoms with Gasteiger partial charge in [-0.1, -0.05) is 18.2 Å². The number of aliphatic carboxylic acids is 1. The van der Waals surface area contributed by atoms with Crippen molar-refractivity contribution in [2.75, 3.05) is 46.9 Å². The molecule has 0 aromatic heterocycles. The standard InChI is InChI=1S/C16H26N2O3/c1-17(2)12-13-18(11-9-16(19)20)10-6-14-21-15-7-4-3-5-8-15/h3-5,7-8H,6,9-14H2,1-2H3,(H,19,20). The Morgan fingerprint density at radius 1 is 1.10 bits per heavy atom. The van der Waals surface area contributed by atoms with Crippen molar-refractivity contribution in [3.05, 3.63) is 30.3 Å². The van der Waals surface area contributed by atoms with Gasteiger partial charge in [-0.2, -0.15) is 0 Å². The normalized spacial score (nSPS) is 11.0. The molecular formula is C16H26N2O3. The van der Waals surface area contributed by atoms with Gasteiger partial charge in [0.1, 0.15) is 5.75 Å². The molecule has 21 heavy (non-hydrogen) atoms. The van der Waals surface area contributed by atoms with E-state index < -0.39 is 5.97 Å². The minimum Gasteiger partial charge on any atom is -0.494 e. The van der Waals surface area contributed by atoms with Crippen LogP contribution < -0.4 is 4.74 Å². The summed E-state index contributed by atoms with van der Waals surface area (Å²) in [5, 5.41) is 8.80. The maximum atomic E-state index is 10.7. The van der Waals surface area contributed by atoms with E-state index in [0.717, 1.165) is 31.8 Å². The Bertz CT molecular complexity index is 396. The molecule has 0 atom stereocenters. The molecule has 118 valence electrons. The summed E-state index contributed by atoms with van der Waals surface area (Å²) in [5.74, 6) is 0.133. The molecule has 0 heterocycles. The van der Waals surface area contributed by atoms with Crippen LogP contribution in [0.1, 0.15) is 12.8 Å². The first-order chi connectivity index (χ1) is 10.1. The highest BCUT2D eigenvalue weighted by Crippen LogP contribution is 2.08. The number of para-hydroxylation sites is 1. The fourth-order valence-corrected chi connectivity index (χ4v) is 1.93. The van der Waals surface area contributed by atoms with Gasteiger partial charge in [0.05, 0.1) is 13.0 Å². The second-order valence-electron chi connectivity index (χ2n) is 5.30. The van der Waals surface area contributed by atoms with Crippen LogP contribution in [0.5, 0.6) is 5.75 Å². The van der Waals surface area contributed by atoms with Crippen molar-refractivity contribution >= 4 is 5.97 Å². The third-order valence-electron chi connectivity index (χ3n) is 3.14. The number of benzene rings is 1. The molecule has 1 rings (SSSR count). The maximum Gasteiger partial charge on any atom is 0.304 e. The van der Waals surface area contributed by atoms with E-state index in [-0.39, 0.29) is 6.42 Å². The minimum absolute atomic E-state index is 0.187. The van der Waals surface area contributed by atoms with Gasteiger partial charge in [-0.25, -0.2) is 0 Å². The summed E-state index contributed by atoms with van der Waals surface area (Å²) >= 11 is 0. The number of nitrogens with zero attached hydrogens (tertiary/aromatic N) is 2. The van der Waals surface area contributed by atoms with Crippen LogP contribution in [-0.4, -0.2) is 67.8 Å². The molecule has 0 radical (unpaired) electrons. The van der Waals surface area contributed by atoms with E-state index in [0.29, 0.717) is 13.2 Å². The topological polar surface area (TPSA) is 53.0 Å². The van der Waals surface area contributed by atoms with Crippen molar-refractivity contribution in [1.82, 2.24) is 9.80 Å². The van der Waals surface area contributed by atoms with E-state index in [9.17, 15) is 4.79 Å². The molecule has 0 saturated heterocycles. The van der Waals surface area contributed by atoms with Crippen LogP contribution in [0.4, 0.5) is 0 Å². The highest BCUT2D eigenvalue weighted by atomic mass is 16.5. The zero-order chi connectivity index (χ0) is 15.5. The fraction of sp³-hybridized carbons (Fsp3) is 0.562. The lowest BCUT2D eigenvalue weighted by Crippen LogP contribution is -2.34. The Balaban J connectivity index is 2.25. The molecule has 0 fully saturated rings. The summed E-state index contributed by atoms with van der Waals surface area (Å²) in [5.41, 5.74) is 0. The van der Waals surface area contributed by atoms with Crippen LogP contribution in [0.3, 0.4) is 0 Å². The predicted molar refractivity (Wildman–Crippen MR) is 83.8 cm³/mol. The lowest BCUT2D eigenvalue weighted by Gasteiger charge is -2.23. The highest BCUT2D eigenvalue weighted by Gasteiger charge is 2.08. The molecule has 0 amide bonds. The van der Waals surface area contributed by atoms with Gasteiger partial charge in [0.25, 0.3) is 0 Å². The smallest absolute Gasteiger partial charge is 0.304 e. The molecule has 0 spiro atoms. The van der Waals surface area contributed by atoms with E-state index in [1.54, 1.807) is 0 Å². The maximum absolute atomic E-state index is 10.7. The molecule has 5 heteroatoms. The molecule has 5 nitrogen and oxygen atoms in total. The first kappa shape index (κ1) is 17.5. The molecule has 1 aromatic rings. The average Bonchev–Trinajstić information content (AvgIpc) is 2.46. The quantitative estimate of drug-likeness (QED) is 0.631. The number of carbonyl (C=O) groups is 1. The lowest BCUT2D eigenvalue weighted by atomic mass is 10.3. The van der Waals surface area contributed by atoms with Crippen molar-refractivity contribution in [2.45, 2.75) is 12.8 Å². The number of hydrogen-bond donors (Lipinski definition) is 1. The third-order valence-corrected chi connectivity index (χ3v) is 3.14. The Labute approximate surface area is 127 Å². The van der Waals surface area contributed by atoms with Gasteiger partial charge in [0, 0.05) is 26.2 Å². The fourth-order valence-electron chi connectivity index (χ4n) is 1.93. The number of ether oxygens (including phenoxy) is 1. The van der Waals surface area contributed by atoms with Gasteiger partial charge in [-0.15, -0.1) is 0 Å². The minimum atomic E-state index is -0.745. The van der Waals surface area contributed by atoms with Crippen molar-refractivity contribution in [1.29, 1.82) is 0 Å². The van der Waals surface area contributed by atoms with Crippen molar-refractivity contribution in [3.8, 4) is 5.75 Å². The van der Waals surface area contributed by atoms with Crippen molar-refractivity contribution < 1.29 is 14.6 Å². The lowest BCUT2D eigenvalue weighted by molar-refractivity contribution is -0.137. The zero-order valence-corrected chi connectivity index (χ0v) is 13.0. The van der Waals surface area contributed by atoms with Gasteiger partial charge in [0.15, 0.2) is 0 Å². The van der Waals surface area contributed by atoms with Gasteiger partial charge in [-0.3, -0.25) is 4.79 Å². The average molecular weight is 294 g/mol. The van der Waals surface area contributed by atoms with Gasteiger partial charge in [-0.05, 0) is 32.6 Å². The number of rotatable bonds is 11. The largest absolute Gasteiger partial charge is 0.494 e. The molecule has 0 saturated carbocycles. The SMILES string of the molecule is CN(C)CCN(CCCOc1ccccc1)CCC(=O)O. The van der Waals surface area contributed by atoms with Crippen molar-refractivity contribution in [2.24, 2.45) is 0 Å². The molecule has 1 aromatic carbocycles. The number of likely N-dealkylation sites (N-methyl/N-ethyl adjacent to an activating group) is 1. The molecule has 0 aliphatic carbocycles. The van der Waals surface area contributed by atoms with Crippen LogP contribution in [0.15, 0.2) is 30.3 Å². The van der Waals surface area contributed by atoms with E-state index in [4.69, 9.17) is 9.84 Å². The van der Waals surface area contributed by atoms with Crippen LogP contribution in [-0.2, 0) is 4.79 Å². The van der Waals surface area contributed by atoms with Crippen LogP contribution in [0.25, 0.3) is 0 Å². The Hall–Kier alpha value is -1.59. The molecule has 0 aliphatic heterocycles. The van der Waals surface area contributed by atoms with Gasteiger partial charge < -0.3 is 19.6 Å². The zero-order valence-electron chi connectivity index (χ0n) is 13.0. The van der Waals surface area contributed by atoms with Crippen LogP contribution in [0.2, 0.25) is 0 Å². The Morgan fingerprint density at radius 3 is 2.43 bits per heavy atom. The first-order valence-electron chi connectivity index (χ1n) is 7.34. The second-order valence-corrected chi connectivity index (χ2v) is 5.30. The second kappa shape index (κ2) is 10.2. The molecule has 0 bridgehead atoms. The summed E-state index contributed by atoms with van der Waals surface area (Å²) in [6.45, 7) is 3.91. The monoisotopic (exact) mass is 294 g/mol. The van der Waals surface area contributed by atoms with Crippen LogP contribution in [0, 0.1) is 0 Å². The third kappa shape index (κ3) is 9.05. The Morgan fingerprint density at radius 2 is 1.81 bits per heavy atom. The van der Waals surface area contributed by atoms with E-state index in [1.807, 2.05) is 44.4 Å².